The Bertz CT molecular complexity index is 553. The van der Waals surface area contributed by atoms with Gasteiger partial charge in [-0.25, -0.2) is 0 Å². The summed E-state index contributed by atoms with van der Waals surface area (Å²) in [5, 5.41) is 0. The van der Waals surface area contributed by atoms with Gasteiger partial charge in [0.05, 0.1) is 24.3 Å². The molecule has 6 heteroatoms. The molecular weight excluding hydrogens is 304 g/mol. The lowest BCUT2D eigenvalue weighted by atomic mass is 9.83. The molecule has 0 radical (unpaired) electrons. The number of morpholine rings is 1. The summed E-state index contributed by atoms with van der Waals surface area (Å²) in [7, 11) is 0. The average Bonchev–Trinajstić information content (AvgIpc) is 2.55. The Hall–Kier alpha value is -1.69. The molecule has 2 aliphatic rings. The number of hydrogen-bond donors (Lipinski definition) is 0. The minimum absolute atomic E-state index is 0.0725. The van der Waals surface area contributed by atoms with Crippen LogP contribution in [0.1, 0.15) is 42.5 Å². The van der Waals surface area contributed by atoms with Crippen molar-refractivity contribution in [2.24, 2.45) is 0 Å². The maximum Gasteiger partial charge on any atom is 0.387 e. The van der Waals surface area contributed by atoms with E-state index in [4.69, 9.17) is 4.74 Å². The maximum absolute atomic E-state index is 12.8. The van der Waals surface area contributed by atoms with E-state index in [0.717, 1.165) is 25.7 Å². The summed E-state index contributed by atoms with van der Waals surface area (Å²) in [4.78, 5) is 14.5. The summed E-state index contributed by atoms with van der Waals surface area (Å²) in [6.45, 7) is -1.46. The summed E-state index contributed by atoms with van der Waals surface area (Å²) in [6, 6.07) is 6.16. The normalized spacial score (nSPS) is 20.7. The number of carbonyl (C=O) groups is 1. The molecule has 1 aliphatic heterocycles. The van der Waals surface area contributed by atoms with Crippen molar-refractivity contribution >= 4 is 5.91 Å². The second-order valence-electron chi connectivity index (χ2n) is 6.19. The smallest absolute Gasteiger partial charge is 0.387 e. The van der Waals surface area contributed by atoms with Crippen molar-refractivity contribution in [3.8, 4) is 5.75 Å². The lowest BCUT2D eigenvalue weighted by molar-refractivity contribution is -0.118. The molecule has 1 saturated carbocycles. The Labute approximate surface area is 134 Å². The molecule has 126 valence electrons. The minimum Gasteiger partial charge on any atom is -0.434 e. The highest BCUT2D eigenvalue weighted by atomic mass is 19.3. The first-order valence-electron chi connectivity index (χ1n) is 8.07. The van der Waals surface area contributed by atoms with Gasteiger partial charge < -0.3 is 14.4 Å². The number of halogens is 2. The van der Waals surface area contributed by atoms with Gasteiger partial charge in [-0.2, -0.15) is 8.78 Å². The fourth-order valence-electron chi connectivity index (χ4n) is 3.53. The largest absolute Gasteiger partial charge is 0.434 e. The van der Waals surface area contributed by atoms with E-state index in [1.165, 1.54) is 18.6 Å². The van der Waals surface area contributed by atoms with Crippen molar-refractivity contribution in [3.05, 3.63) is 29.8 Å². The van der Waals surface area contributed by atoms with Crippen LogP contribution >= 0.6 is 0 Å². The number of amides is 1. The summed E-state index contributed by atoms with van der Waals surface area (Å²) in [5.74, 6) is -0.341. The van der Waals surface area contributed by atoms with Crippen molar-refractivity contribution in [1.82, 2.24) is 4.90 Å². The van der Waals surface area contributed by atoms with Crippen LogP contribution in [0, 0.1) is 0 Å². The molecule has 1 heterocycles. The molecule has 1 saturated heterocycles. The Kier molecular flexibility index (Phi) is 4.80. The minimum atomic E-state index is -2.95. The standard InChI is InChI=1S/C17H21F2NO3/c18-16(19)23-14-7-3-2-6-13(14)15(21)20-10-11-22-17(12-20)8-4-1-5-9-17/h2-3,6-7,16H,1,4-5,8-12H2. The summed E-state index contributed by atoms with van der Waals surface area (Å²) < 4.78 is 35.5. The van der Waals surface area contributed by atoms with Crippen LogP contribution in [0.15, 0.2) is 24.3 Å². The molecule has 4 nitrogen and oxygen atoms in total. The molecule has 0 N–H and O–H groups in total. The maximum atomic E-state index is 12.8. The van der Waals surface area contributed by atoms with E-state index in [-0.39, 0.29) is 22.8 Å². The molecule has 0 aromatic heterocycles. The number of nitrogens with zero attached hydrogens (tertiary/aromatic N) is 1. The van der Waals surface area contributed by atoms with Crippen molar-refractivity contribution < 1.29 is 23.0 Å². The topological polar surface area (TPSA) is 38.8 Å². The van der Waals surface area contributed by atoms with Crippen molar-refractivity contribution in [1.29, 1.82) is 0 Å². The monoisotopic (exact) mass is 325 g/mol. The van der Waals surface area contributed by atoms with Crippen LogP contribution < -0.4 is 4.74 Å². The van der Waals surface area contributed by atoms with Crippen molar-refractivity contribution in [2.75, 3.05) is 19.7 Å². The van der Waals surface area contributed by atoms with Crippen LogP contribution in [0.3, 0.4) is 0 Å². The van der Waals surface area contributed by atoms with E-state index >= 15 is 0 Å². The fraction of sp³-hybridized carbons (Fsp3) is 0.588. The van der Waals surface area contributed by atoms with Crippen LogP contribution in [-0.2, 0) is 4.74 Å². The van der Waals surface area contributed by atoms with Gasteiger partial charge in [0.15, 0.2) is 0 Å². The van der Waals surface area contributed by atoms with E-state index < -0.39 is 6.61 Å². The van der Waals surface area contributed by atoms with Gasteiger partial charge in [0.25, 0.3) is 5.91 Å². The molecule has 0 bridgehead atoms. The molecule has 1 aromatic carbocycles. The third-order valence-electron chi connectivity index (χ3n) is 4.63. The predicted molar refractivity (Wildman–Crippen MR) is 80.7 cm³/mol. The number of alkyl halides is 2. The fourth-order valence-corrected chi connectivity index (χ4v) is 3.53. The van der Waals surface area contributed by atoms with Crippen molar-refractivity contribution in [2.45, 2.75) is 44.3 Å². The van der Waals surface area contributed by atoms with Gasteiger partial charge in [-0.1, -0.05) is 31.4 Å². The molecule has 1 aliphatic carbocycles. The third-order valence-corrected chi connectivity index (χ3v) is 4.63. The van der Waals surface area contributed by atoms with Crippen LogP contribution in [0.5, 0.6) is 5.75 Å². The van der Waals surface area contributed by atoms with Gasteiger partial charge in [0.2, 0.25) is 0 Å². The lowest BCUT2D eigenvalue weighted by Crippen LogP contribution is -2.54. The van der Waals surface area contributed by atoms with Gasteiger partial charge in [0, 0.05) is 6.54 Å². The zero-order chi connectivity index (χ0) is 16.3. The van der Waals surface area contributed by atoms with E-state index in [9.17, 15) is 13.6 Å². The van der Waals surface area contributed by atoms with Crippen LogP contribution in [0.25, 0.3) is 0 Å². The van der Waals surface area contributed by atoms with Gasteiger partial charge in [-0.05, 0) is 25.0 Å². The van der Waals surface area contributed by atoms with E-state index in [1.807, 2.05) is 0 Å². The average molecular weight is 325 g/mol. The molecule has 1 amide bonds. The number of hydrogen-bond acceptors (Lipinski definition) is 3. The quantitative estimate of drug-likeness (QED) is 0.854. The van der Waals surface area contributed by atoms with E-state index in [0.29, 0.717) is 19.7 Å². The number of para-hydroxylation sites is 1. The van der Waals surface area contributed by atoms with Gasteiger partial charge in [-0.15, -0.1) is 0 Å². The van der Waals surface area contributed by atoms with Crippen LogP contribution in [0.4, 0.5) is 8.78 Å². The molecule has 1 aromatic rings. The molecule has 0 unspecified atom stereocenters. The third kappa shape index (κ3) is 3.63. The summed E-state index contributed by atoms with van der Waals surface area (Å²) in [5.41, 5.74) is -0.0781. The first-order valence-corrected chi connectivity index (χ1v) is 8.07. The Balaban J connectivity index is 1.77. The van der Waals surface area contributed by atoms with Crippen molar-refractivity contribution in [3.63, 3.8) is 0 Å². The van der Waals surface area contributed by atoms with E-state index in [1.54, 1.807) is 17.0 Å². The second kappa shape index (κ2) is 6.83. The molecule has 2 fully saturated rings. The number of carbonyl (C=O) groups excluding carboxylic acids is 1. The van der Waals surface area contributed by atoms with Gasteiger partial charge >= 0.3 is 6.61 Å². The SMILES string of the molecule is O=C(c1ccccc1OC(F)F)N1CCOC2(CCCCC2)C1. The second-order valence-corrected chi connectivity index (χ2v) is 6.19. The van der Waals surface area contributed by atoms with E-state index in [2.05, 4.69) is 4.74 Å². The Morgan fingerprint density at radius 3 is 2.70 bits per heavy atom. The Morgan fingerprint density at radius 2 is 1.96 bits per heavy atom. The number of benzene rings is 1. The van der Waals surface area contributed by atoms with Crippen LogP contribution in [0.2, 0.25) is 0 Å². The number of ether oxygens (including phenoxy) is 2. The molecule has 1 spiro atoms. The molecule has 0 atom stereocenters. The first-order chi connectivity index (χ1) is 11.1. The zero-order valence-corrected chi connectivity index (χ0v) is 13.0. The summed E-state index contributed by atoms with van der Waals surface area (Å²) >= 11 is 0. The Morgan fingerprint density at radius 1 is 1.22 bits per heavy atom. The molecule has 23 heavy (non-hydrogen) atoms. The number of rotatable bonds is 3. The summed E-state index contributed by atoms with van der Waals surface area (Å²) in [6.07, 6.45) is 5.31. The highest BCUT2D eigenvalue weighted by Gasteiger charge is 2.39. The molecular formula is C17H21F2NO3. The zero-order valence-electron chi connectivity index (χ0n) is 13.0. The first kappa shape index (κ1) is 16.2. The highest BCUT2D eigenvalue weighted by Crippen LogP contribution is 2.35. The van der Waals surface area contributed by atoms with Gasteiger partial charge in [-0.3, -0.25) is 4.79 Å². The van der Waals surface area contributed by atoms with Crippen LogP contribution in [-0.4, -0.2) is 42.7 Å². The van der Waals surface area contributed by atoms with Gasteiger partial charge in [0.1, 0.15) is 5.75 Å². The lowest BCUT2D eigenvalue weighted by Gasteiger charge is -2.45. The molecule has 3 rings (SSSR count). The predicted octanol–water partition coefficient (Wildman–Crippen LogP) is 3.46. The highest BCUT2D eigenvalue weighted by molar-refractivity contribution is 5.97.